The smallest absolute Gasteiger partial charge is 0.191 e. The van der Waals surface area contributed by atoms with Crippen LogP contribution in [0.5, 0.6) is 0 Å². The molecule has 0 radical (unpaired) electrons. The molecule has 114 valence electrons. The Morgan fingerprint density at radius 1 is 1.40 bits per heavy atom. The lowest BCUT2D eigenvalue weighted by Crippen LogP contribution is -2.37. The molecular formula is C13H20BrFIN3O. The summed E-state index contributed by atoms with van der Waals surface area (Å²) in [6, 6.07) is 4.61. The summed E-state index contributed by atoms with van der Waals surface area (Å²) in [7, 11) is 3.38. The van der Waals surface area contributed by atoms with Crippen LogP contribution in [0.3, 0.4) is 0 Å². The summed E-state index contributed by atoms with van der Waals surface area (Å²) in [4.78, 5) is 4.10. The first-order chi connectivity index (χ1) is 9.17. The van der Waals surface area contributed by atoms with Crippen molar-refractivity contribution in [3.63, 3.8) is 0 Å². The van der Waals surface area contributed by atoms with Gasteiger partial charge in [0.05, 0.1) is 0 Å². The fourth-order valence-electron chi connectivity index (χ4n) is 1.50. The molecule has 1 aromatic rings. The van der Waals surface area contributed by atoms with Crippen molar-refractivity contribution >= 4 is 45.9 Å². The molecule has 20 heavy (non-hydrogen) atoms. The third-order valence-corrected chi connectivity index (χ3v) is 3.27. The standard InChI is InChI=1S/C13H19BrFN3O.HI/c1-16-13(17-6-3-7-19-2)18-9-10-8-11(15)4-5-12(10)14;/h4-5,8H,3,6-7,9H2,1-2H3,(H2,16,17,18);1H. The van der Waals surface area contributed by atoms with Gasteiger partial charge >= 0.3 is 0 Å². The first kappa shape index (κ1) is 19.6. The van der Waals surface area contributed by atoms with E-state index >= 15 is 0 Å². The van der Waals surface area contributed by atoms with Crippen LogP contribution in [0.2, 0.25) is 0 Å². The van der Waals surface area contributed by atoms with Gasteiger partial charge in [-0.1, -0.05) is 15.9 Å². The van der Waals surface area contributed by atoms with E-state index in [9.17, 15) is 4.39 Å². The van der Waals surface area contributed by atoms with Crippen molar-refractivity contribution in [2.45, 2.75) is 13.0 Å². The highest BCUT2D eigenvalue weighted by atomic mass is 127. The second kappa shape index (κ2) is 11.3. The zero-order chi connectivity index (χ0) is 14.1. The summed E-state index contributed by atoms with van der Waals surface area (Å²) >= 11 is 3.39. The highest BCUT2D eigenvalue weighted by Crippen LogP contribution is 2.17. The number of methoxy groups -OCH3 is 1. The van der Waals surface area contributed by atoms with Gasteiger partial charge in [0.25, 0.3) is 0 Å². The largest absolute Gasteiger partial charge is 0.385 e. The van der Waals surface area contributed by atoms with Crippen molar-refractivity contribution in [2.24, 2.45) is 4.99 Å². The van der Waals surface area contributed by atoms with Gasteiger partial charge in [0, 0.05) is 38.3 Å². The molecule has 4 nitrogen and oxygen atoms in total. The first-order valence-electron chi connectivity index (χ1n) is 6.04. The second-order valence-electron chi connectivity index (χ2n) is 3.93. The van der Waals surface area contributed by atoms with Gasteiger partial charge in [-0.05, 0) is 30.2 Å². The normalized spacial score (nSPS) is 10.9. The van der Waals surface area contributed by atoms with Crippen LogP contribution in [0.1, 0.15) is 12.0 Å². The van der Waals surface area contributed by atoms with E-state index in [2.05, 4.69) is 31.6 Å². The highest BCUT2D eigenvalue weighted by Gasteiger charge is 2.03. The number of ether oxygens (including phenoxy) is 1. The van der Waals surface area contributed by atoms with Crippen LogP contribution in [-0.2, 0) is 11.3 Å². The van der Waals surface area contributed by atoms with Gasteiger partial charge in [-0.15, -0.1) is 24.0 Å². The Morgan fingerprint density at radius 2 is 2.15 bits per heavy atom. The van der Waals surface area contributed by atoms with Crippen LogP contribution in [0.15, 0.2) is 27.7 Å². The summed E-state index contributed by atoms with van der Waals surface area (Å²) in [6.45, 7) is 1.99. The SMILES string of the molecule is CN=C(NCCCOC)NCc1cc(F)ccc1Br.I. The summed E-state index contributed by atoms with van der Waals surface area (Å²) < 4.78 is 19.0. The zero-order valence-corrected chi connectivity index (χ0v) is 15.5. The molecule has 0 saturated carbocycles. The lowest BCUT2D eigenvalue weighted by Gasteiger charge is -2.12. The van der Waals surface area contributed by atoms with Crippen LogP contribution in [0.25, 0.3) is 0 Å². The maximum Gasteiger partial charge on any atom is 0.191 e. The number of rotatable bonds is 6. The maximum atomic E-state index is 13.1. The average Bonchev–Trinajstić information content (AvgIpc) is 2.41. The predicted molar refractivity (Wildman–Crippen MR) is 94.2 cm³/mol. The average molecular weight is 460 g/mol. The minimum Gasteiger partial charge on any atom is -0.385 e. The molecule has 2 N–H and O–H groups in total. The van der Waals surface area contributed by atoms with Crippen LogP contribution in [-0.4, -0.2) is 33.3 Å². The van der Waals surface area contributed by atoms with Gasteiger partial charge in [-0.25, -0.2) is 4.39 Å². The van der Waals surface area contributed by atoms with Crippen molar-refractivity contribution in [3.05, 3.63) is 34.1 Å². The van der Waals surface area contributed by atoms with E-state index in [0.29, 0.717) is 19.1 Å². The van der Waals surface area contributed by atoms with E-state index < -0.39 is 0 Å². The minimum atomic E-state index is -0.247. The van der Waals surface area contributed by atoms with Gasteiger partial charge < -0.3 is 15.4 Å². The Hall–Kier alpha value is -0.410. The molecule has 7 heteroatoms. The van der Waals surface area contributed by atoms with E-state index in [4.69, 9.17) is 4.74 Å². The van der Waals surface area contributed by atoms with E-state index in [-0.39, 0.29) is 29.8 Å². The lowest BCUT2D eigenvalue weighted by atomic mass is 10.2. The lowest BCUT2D eigenvalue weighted by molar-refractivity contribution is 0.195. The number of nitrogens with one attached hydrogen (secondary N) is 2. The van der Waals surface area contributed by atoms with E-state index in [1.165, 1.54) is 12.1 Å². The summed E-state index contributed by atoms with van der Waals surface area (Å²) in [6.07, 6.45) is 0.904. The molecule has 0 atom stereocenters. The molecule has 0 bridgehead atoms. The van der Waals surface area contributed by atoms with Crippen molar-refractivity contribution < 1.29 is 9.13 Å². The molecule has 1 aromatic carbocycles. The Kier molecular flexibility index (Phi) is 11.0. The van der Waals surface area contributed by atoms with E-state index in [1.54, 1.807) is 20.2 Å². The molecule has 1 rings (SSSR count). The Morgan fingerprint density at radius 3 is 2.80 bits per heavy atom. The molecule has 0 aromatic heterocycles. The van der Waals surface area contributed by atoms with Gasteiger partial charge in [-0.2, -0.15) is 0 Å². The second-order valence-corrected chi connectivity index (χ2v) is 4.79. The van der Waals surface area contributed by atoms with Crippen LogP contribution < -0.4 is 10.6 Å². The Labute approximate surface area is 144 Å². The third kappa shape index (κ3) is 7.39. The quantitative estimate of drug-likeness (QED) is 0.297. The molecule has 0 aliphatic rings. The molecular weight excluding hydrogens is 440 g/mol. The van der Waals surface area contributed by atoms with E-state index in [0.717, 1.165) is 23.0 Å². The van der Waals surface area contributed by atoms with Crippen molar-refractivity contribution in [1.29, 1.82) is 0 Å². The number of nitrogens with zero attached hydrogens (tertiary/aromatic N) is 1. The Bertz CT molecular complexity index is 432. The van der Waals surface area contributed by atoms with Crippen molar-refractivity contribution in [3.8, 4) is 0 Å². The Balaban J connectivity index is 0.00000361. The molecule has 0 saturated heterocycles. The third-order valence-electron chi connectivity index (χ3n) is 2.50. The predicted octanol–water partition coefficient (Wildman–Crippen LogP) is 2.91. The van der Waals surface area contributed by atoms with Gasteiger partial charge in [0.15, 0.2) is 5.96 Å². The molecule has 0 spiro atoms. The summed E-state index contributed by atoms with van der Waals surface area (Å²) in [5, 5.41) is 6.29. The van der Waals surface area contributed by atoms with E-state index in [1.807, 2.05) is 0 Å². The topological polar surface area (TPSA) is 45.7 Å². The monoisotopic (exact) mass is 459 g/mol. The van der Waals surface area contributed by atoms with Crippen LogP contribution in [0, 0.1) is 5.82 Å². The van der Waals surface area contributed by atoms with Gasteiger partial charge in [0.2, 0.25) is 0 Å². The highest BCUT2D eigenvalue weighted by molar-refractivity contribution is 14.0. The summed E-state index contributed by atoms with van der Waals surface area (Å²) in [5.74, 6) is 0.440. The number of aliphatic imine (C=N–C) groups is 1. The first-order valence-corrected chi connectivity index (χ1v) is 6.84. The molecule has 0 heterocycles. The number of hydrogen-bond donors (Lipinski definition) is 2. The number of benzene rings is 1. The fourth-order valence-corrected chi connectivity index (χ4v) is 1.89. The minimum absolute atomic E-state index is 0. The maximum absolute atomic E-state index is 13.1. The zero-order valence-electron chi connectivity index (χ0n) is 11.6. The van der Waals surface area contributed by atoms with Crippen molar-refractivity contribution in [1.82, 2.24) is 10.6 Å². The fraction of sp³-hybridized carbons (Fsp3) is 0.462. The molecule has 0 amide bonds. The number of guanidine groups is 1. The molecule has 0 unspecified atom stereocenters. The van der Waals surface area contributed by atoms with Gasteiger partial charge in [-0.3, -0.25) is 4.99 Å². The molecule has 0 aliphatic heterocycles. The van der Waals surface area contributed by atoms with Gasteiger partial charge in [0.1, 0.15) is 5.82 Å². The van der Waals surface area contributed by atoms with Crippen molar-refractivity contribution in [2.75, 3.05) is 27.3 Å². The van der Waals surface area contributed by atoms with Crippen LogP contribution >= 0.6 is 39.9 Å². The summed E-state index contributed by atoms with van der Waals surface area (Å²) in [5.41, 5.74) is 0.847. The number of hydrogen-bond acceptors (Lipinski definition) is 2. The van der Waals surface area contributed by atoms with Crippen LogP contribution in [0.4, 0.5) is 4.39 Å². The number of halogens is 3. The molecule has 0 aliphatic carbocycles. The molecule has 0 fully saturated rings.